The number of nitriles is 1. The molecule has 0 aliphatic carbocycles. The number of nitrogens with zero attached hydrogens (tertiary/aromatic N) is 3. The minimum atomic E-state index is -0.998. The molecular formula is C20H23N5O5S. The van der Waals surface area contributed by atoms with Gasteiger partial charge in [-0.25, -0.2) is 4.79 Å². The number of aromatic amines is 1. The number of benzene rings is 1. The first-order chi connectivity index (χ1) is 14.6. The summed E-state index contributed by atoms with van der Waals surface area (Å²) in [5.74, 6) is 0.450. The van der Waals surface area contributed by atoms with E-state index in [0.717, 1.165) is 0 Å². The van der Waals surface area contributed by atoms with Gasteiger partial charge < -0.3 is 19.9 Å². The molecule has 1 aliphatic rings. The summed E-state index contributed by atoms with van der Waals surface area (Å²) in [5, 5.41) is 23.7. The summed E-state index contributed by atoms with van der Waals surface area (Å²) in [6.45, 7) is 5.14. The van der Waals surface area contributed by atoms with Crippen LogP contribution < -0.4 is 5.32 Å². The monoisotopic (exact) mass is 445 g/mol. The smallest absolute Gasteiger partial charge is 0.408 e. The second-order valence-electron chi connectivity index (χ2n) is 8.16. The Bertz CT molecular complexity index is 1050. The Kier molecular flexibility index (Phi) is 6.40. The first kappa shape index (κ1) is 22.4. The molecule has 1 aromatic heterocycles. The fraction of sp³-hybridized carbons (Fsp3) is 0.450. The Morgan fingerprint density at radius 1 is 1.48 bits per heavy atom. The van der Waals surface area contributed by atoms with Crippen molar-refractivity contribution in [1.82, 2.24) is 15.2 Å². The number of thioether (sulfide) groups is 1. The van der Waals surface area contributed by atoms with Gasteiger partial charge in [0.1, 0.15) is 17.7 Å². The maximum absolute atomic E-state index is 13.2. The van der Waals surface area contributed by atoms with Crippen molar-refractivity contribution in [3.05, 3.63) is 40.1 Å². The number of rotatable bonds is 5. The van der Waals surface area contributed by atoms with Crippen LogP contribution in [0.2, 0.25) is 0 Å². The second kappa shape index (κ2) is 8.85. The van der Waals surface area contributed by atoms with Crippen molar-refractivity contribution in [2.75, 3.05) is 11.6 Å². The predicted molar refractivity (Wildman–Crippen MR) is 115 cm³/mol. The topological polar surface area (TPSA) is 141 Å². The van der Waals surface area contributed by atoms with Crippen LogP contribution >= 0.6 is 11.8 Å². The van der Waals surface area contributed by atoms with E-state index in [1.807, 2.05) is 0 Å². The molecule has 11 heteroatoms. The van der Waals surface area contributed by atoms with Gasteiger partial charge in [-0.15, -0.1) is 11.8 Å². The molecule has 10 nitrogen and oxygen atoms in total. The maximum Gasteiger partial charge on any atom is 0.408 e. The van der Waals surface area contributed by atoms with Crippen molar-refractivity contribution in [3.8, 4) is 6.07 Å². The van der Waals surface area contributed by atoms with Crippen molar-refractivity contribution >= 4 is 40.4 Å². The molecule has 0 spiro atoms. The lowest BCUT2D eigenvalue weighted by atomic mass is 10.0. The summed E-state index contributed by atoms with van der Waals surface area (Å²) in [6.07, 6.45) is 0.988. The van der Waals surface area contributed by atoms with Gasteiger partial charge in [-0.3, -0.25) is 14.9 Å². The third-order valence-electron chi connectivity index (χ3n) is 4.69. The molecule has 3 rings (SSSR count). The fourth-order valence-electron chi connectivity index (χ4n) is 3.29. The number of nitro groups is 1. The molecule has 2 atom stereocenters. The highest BCUT2D eigenvalue weighted by atomic mass is 32.2. The molecule has 1 aromatic carbocycles. The van der Waals surface area contributed by atoms with Crippen molar-refractivity contribution in [2.45, 2.75) is 44.9 Å². The zero-order valence-corrected chi connectivity index (χ0v) is 18.2. The van der Waals surface area contributed by atoms with Crippen LogP contribution in [0.25, 0.3) is 10.9 Å². The lowest BCUT2D eigenvalue weighted by Crippen LogP contribution is -2.52. The number of non-ortho nitro benzene ring substituents is 1. The van der Waals surface area contributed by atoms with Crippen LogP contribution in [-0.2, 0) is 16.0 Å². The van der Waals surface area contributed by atoms with E-state index in [-0.39, 0.29) is 12.1 Å². The van der Waals surface area contributed by atoms with Gasteiger partial charge in [0.15, 0.2) is 0 Å². The van der Waals surface area contributed by atoms with Crippen molar-refractivity contribution in [3.63, 3.8) is 0 Å². The number of nitrogens with one attached hydrogen (secondary N) is 2. The summed E-state index contributed by atoms with van der Waals surface area (Å²) in [5.41, 5.74) is 0.485. The number of aromatic nitrogens is 1. The number of amides is 2. The van der Waals surface area contributed by atoms with Crippen molar-refractivity contribution in [2.24, 2.45) is 0 Å². The number of carbonyl (C=O) groups is 2. The van der Waals surface area contributed by atoms with Crippen LogP contribution in [0.5, 0.6) is 0 Å². The third-order valence-corrected chi connectivity index (χ3v) is 5.70. The van der Waals surface area contributed by atoms with E-state index >= 15 is 0 Å². The van der Waals surface area contributed by atoms with E-state index in [4.69, 9.17) is 4.74 Å². The van der Waals surface area contributed by atoms with Gasteiger partial charge in [0.25, 0.3) is 5.69 Å². The highest BCUT2D eigenvalue weighted by molar-refractivity contribution is 7.99. The second-order valence-corrected chi connectivity index (χ2v) is 9.16. The molecule has 2 heterocycles. The van der Waals surface area contributed by atoms with Gasteiger partial charge in [0, 0.05) is 41.4 Å². The quantitative estimate of drug-likeness (QED) is 0.532. The summed E-state index contributed by atoms with van der Waals surface area (Å²) >= 11 is 1.46. The highest BCUT2D eigenvalue weighted by Gasteiger charge is 2.35. The number of carbonyl (C=O) groups excluding carboxylic acids is 2. The Labute approximate surface area is 183 Å². The zero-order valence-electron chi connectivity index (χ0n) is 17.4. The molecule has 1 aliphatic heterocycles. The number of hydrogen-bond acceptors (Lipinski definition) is 7. The summed E-state index contributed by atoms with van der Waals surface area (Å²) < 4.78 is 5.30. The molecule has 0 bridgehead atoms. The average Bonchev–Trinajstić information content (AvgIpc) is 3.31. The largest absolute Gasteiger partial charge is 0.444 e. The Hall–Kier alpha value is -3.26. The summed E-state index contributed by atoms with van der Waals surface area (Å²) in [6, 6.07) is 4.95. The molecule has 0 unspecified atom stereocenters. The molecule has 2 aromatic rings. The van der Waals surface area contributed by atoms with E-state index in [1.54, 1.807) is 33.0 Å². The third kappa shape index (κ3) is 5.27. The van der Waals surface area contributed by atoms with Gasteiger partial charge in [-0.05, 0) is 32.4 Å². The van der Waals surface area contributed by atoms with E-state index in [0.29, 0.717) is 28.1 Å². The standard InChI is InChI=1S/C20H23N5O5S/c1-20(2,3)30-19(27)23-17(18(26)24-11-31-10-14(24)8-21)6-12-9-22-16-5-4-13(25(28)29)7-15(12)16/h4-5,7,9,14,17,22H,6,10-11H2,1-3H3,(H,23,27)/t14-,17-/m0/s1. The number of nitro benzene ring substituents is 1. The lowest BCUT2D eigenvalue weighted by molar-refractivity contribution is -0.384. The van der Waals surface area contributed by atoms with Crippen molar-refractivity contribution < 1.29 is 19.2 Å². The van der Waals surface area contributed by atoms with Gasteiger partial charge in [0.2, 0.25) is 5.91 Å². The summed E-state index contributed by atoms with van der Waals surface area (Å²) in [7, 11) is 0. The zero-order chi connectivity index (χ0) is 22.8. The molecule has 2 amide bonds. The van der Waals surface area contributed by atoms with Crippen LogP contribution in [0.1, 0.15) is 26.3 Å². The van der Waals surface area contributed by atoms with E-state index in [1.165, 1.54) is 28.8 Å². The normalized spacial score (nSPS) is 17.2. The van der Waals surface area contributed by atoms with Crippen LogP contribution in [0.3, 0.4) is 0 Å². The summed E-state index contributed by atoms with van der Waals surface area (Å²) in [4.78, 5) is 40.8. The van der Waals surface area contributed by atoms with Gasteiger partial charge in [-0.2, -0.15) is 5.26 Å². The van der Waals surface area contributed by atoms with Crippen LogP contribution in [-0.4, -0.2) is 56.1 Å². The van der Waals surface area contributed by atoms with Gasteiger partial charge in [-0.1, -0.05) is 0 Å². The number of ether oxygens (including phenoxy) is 1. The average molecular weight is 446 g/mol. The molecule has 164 valence electrons. The molecule has 1 saturated heterocycles. The molecule has 2 N–H and O–H groups in total. The minimum Gasteiger partial charge on any atom is -0.444 e. The predicted octanol–water partition coefficient (Wildman–Crippen LogP) is 2.94. The Morgan fingerprint density at radius 2 is 2.23 bits per heavy atom. The lowest BCUT2D eigenvalue weighted by Gasteiger charge is -2.27. The highest BCUT2D eigenvalue weighted by Crippen LogP contribution is 2.26. The van der Waals surface area contributed by atoms with E-state index in [9.17, 15) is 25.0 Å². The first-order valence-electron chi connectivity index (χ1n) is 9.61. The number of fused-ring (bicyclic) bond motifs is 1. The van der Waals surface area contributed by atoms with E-state index in [2.05, 4.69) is 16.4 Å². The fourth-order valence-corrected chi connectivity index (χ4v) is 4.37. The van der Waals surface area contributed by atoms with Crippen LogP contribution in [0, 0.1) is 21.4 Å². The molecular weight excluding hydrogens is 422 g/mol. The molecule has 31 heavy (non-hydrogen) atoms. The molecule has 0 radical (unpaired) electrons. The Morgan fingerprint density at radius 3 is 2.87 bits per heavy atom. The minimum absolute atomic E-state index is 0.0724. The van der Waals surface area contributed by atoms with Crippen molar-refractivity contribution in [1.29, 1.82) is 5.26 Å². The first-order valence-corrected chi connectivity index (χ1v) is 10.8. The number of hydrogen-bond donors (Lipinski definition) is 2. The maximum atomic E-state index is 13.2. The Balaban J connectivity index is 1.91. The number of alkyl carbamates (subject to hydrolysis) is 1. The van der Waals surface area contributed by atoms with Gasteiger partial charge in [0.05, 0.1) is 16.9 Å². The van der Waals surface area contributed by atoms with E-state index < -0.39 is 34.6 Å². The van der Waals surface area contributed by atoms with Crippen LogP contribution in [0.15, 0.2) is 24.4 Å². The molecule has 0 saturated carbocycles. The SMILES string of the molecule is CC(C)(C)OC(=O)N[C@@H](Cc1c[nH]c2ccc([N+](=O)[O-])cc12)C(=O)N1CSC[C@@H]1C#N. The molecule has 1 fully saturated rings. The number of H-pyrrole nitrogens is 1. The van der Waals surface area contributed by atoms with Gasteiger partial charge >= 0.3 is 6.09 Å². The van der Waals surface area contributed by atoms with Crippen LogP contribution in [0.4, 0.5) is 10.5 Å².